The third-order valence-electron chi connectivity index (χ3n) is 11.3. The van der Waals surface area contributed by atoms with Gasteiger partial charge in [-0.05, 0) is 44.9 Å². The minimum absolute atomic E-state index is 0.173. The molecule has 0 aromatic carbocycles. The number of aliphatic hydroxyl groups is 4. The molecule has 1 rings (SSSR count). The molecule has 0 radical (unpaired) electrons. The molecule has 1 aliphatic heterocycles. The molecular formula is C49H90O10. The number of ether oxygens (including phenoxy) is 4. The van der Waals surface area contributed by atoms with E-state index in [0.29, 0.717) is 6.42 Å². The smallest absolute Gasteiger partial charge is 0.306 e. The third kappa shape index (κ3) is 31.7. The highest BCUT2D eigenvalue weighted by molar-refractivity contribution is 5.70. The molecule has 59 heavy (non-hydrogen) atoms. The molecule has 1 aliphatic rings. The van der Waals surface area contributed by atoms with Gasteiger partial charge in [0.1, 0.15) is 31.0 Å². The van der Waals surface area contributed by atoms with Crippen LogP contribution in [-0.2, 0) is 28.5 Å². The van der Waals surface area contributed by atoms with Crippen molar-refractivity contribution in [3.05, 3.63) is 24.3 Å². The Morgan fingerprint density at radius 2 is 0.932 bits per heavy atom. The summed E-state index contributed by atoms with van der Waals surface area (Å²) in [6.07, 6.45) is 37.8. The van der Waals surface area contributed by atoms with Crippen molar-refractivity contribution >= 4 is 11.9 Å². The van der Waals surface area contributed by atoms with Gasteiger partial charge in [-0.1, -0.05) is 186 Å². The Hall–Kier alpha value is -1.82. The van der Waals surface area contributed by atoms with Crippen molar-refractivity contribution in [1.29, 1.82) is 0 Å². The number of carbonyl (C=O) groups is 2. The summed E-state index contributed by atoms with van der Waals surface area (Å²) in [7, 11) is 0. The molecule has 4 N–H and O–H groups in total. The molecule has 6 atom stereocenters. The van der Waals surface area contributed by atoms with Crippen molar-refractivity contribution in [3.8, 4) is 0 Å². The van der Waals surface area contributed by atoms with E-state index in [-0.39, 0.29) is 32.0 Å². The lowest BCUT2D eigenvalue weighted by molar-refractivity contribution is -0.305. The van der Waals surface area contributed by atoms with E-state index in [1.54, 1.807) is 0 Å². The topological polar surface area (TPSA) is 152 Å². The zero-order chi connectivity index (χ0) is 43.0. The van der Waals surface area contributed by atoms with E-state index in [0.717, 1.165) is 44.9 Å². The number of hydrogen-bond acceptors (Lipinski definition) is 10. The molecule has 2 unspecified atom stereocenters. The molecule has 346 valence electrons. The van der Waals surface area contributed by atoms with E-state index in [9.17, 15) is 30.0 Å². The van der Waals surface area contributed by atoms with Gasteiger partial charge >= 0.3 is 11.9 Å². The number of hydrogen-bond donors (Lipinski definition) is 4. The summed E-state index contributed by atoms with van der Waals surface area (Å²) >= 11 is 0. The fourth-order valence-electron chi connectivity index (χ4n) is 7.44. The summed E-state index contributed by atoms with van der Waals surface area (Å²) in [5.74, 6) is -0.849. The first-order valence-electron chi connectivity index (χ1n) is 24.4. The van der Waals surface area contributed by atoms with Crippen LogP contribution in [0.5, 0.6) is 0 Å². The second kappa shape index (κ2) is 40.3. The van der Waals surface area contributed by atoms with E-state index < -0.39 is 49.4 Å². The van der Waals surface area contributed by atoms with Gasteiger partial charge in [0, 0.05) is 12.8 Å². The van der Waals surface area contributed by atoms with Crippen LogP contribution in [0.2, 0.25) is 0 Å². The molecular weight excluding hydrogens is 749 g/mol. The first kappa shape index (κ1) is 55.2. The highest BCUT2D eigenvalue weighted by Crippen LogP contribution is 2.23. The second-order valence-corrected chi connectivity index (χ2v) is 16.9. The lowest BCUT2D eigenvalue weighted by atomic mass is 9.99. The number of carbonyl (C=O) groups excluding carboxylic acids is 2. The van der Waals surface area contributed by atoms with Crippen molar-refractivity contribution in [2.75, 3.05) is 19.8 Å². The van der Waals surface area contributed by atoms with Gasteiger partial charge in [-0.3, -0.25) is 9.59 Å². The maximum Gasteiger partial charge on any atom is 0.306 e. The average Bonchev–Trinajstić information content (AvgIpc) is 3.23. The molecule has 1 fully saturated rings. The summed E-state index contributed by atoms with van der Waals surface area (Å²) in [5.41, 5.74) is 0. The van der Waals surface area contributed by atoms with Gasteiger partial charge in [0.25, 0.3) is 0 Å². The molecule has 0 bridgehead atoms. The number of rotatable bonds is 41. The quantitative estimate of drug-likeness (QED) is 0.0266. The summed E-state index contributed by atoms with van der Waals surface area (Å²) < 4.78 is 22.1. The predicted molar refractivity (Wildman–Crippen MR) is 238 cm³/mol. The molecule has 0 spiro atoms. The standard InChI is InChI=1S/C49H90O10/c1-3-5-7-9-11-13-15-16-17-18-19-20-21-22-23-24-25-26-28-30-32-34-36-38-45(52)58-42(41-57-49-48(55)47(54)46(53)43(39-50)59-49)40-56-44(51)37-35-33-31-29-27-14-12-10-8-6-4-2/h24-25,30,32,42-43,46-50,53-55H,3-23,26-29,31,33-41H2,1-2H3/b25-24+,32-30+/t42-,43-,46+,47?,48?,49-/m1/s1. The van der Waals surface area contributed by atoms with Gasteiger partial charge in [0.05, 0.1) is 13.2 Å². The number of aliphatic hydroxyl groups excluding tert-OH is 4. The maximum absolute atomic E-state index is 12.8. The molecule has 0 aromatic rings. The van der Waals surface area contributed by atoms with Crippen molar-refractivity contribution in [3.63, 3.8) is 0 Å². The Morgan fingerprint density at radius 3 is 1.42 bits per heavy atom. The minimum Gasteiger partial charge on any atom is -0.462 e. The minimum atomic E-state index is -1.60. The van der Waals surface area contributed by atoms with Crippen molar-refractivity contribution in [1.82, 2.24) is 0 Å². The Bertz CT molecular complexity index is 1020. The molecule has 10 nitrogen and oxygen atoms in total. The lowest BCUT2D eigenvalue weighted by Gasteiger charge is -2.39. The van der Waals surface area contributed by atoms with Crippen LogP contribution in [0.4, 0.5) is 0 Å². The van der Waals surface area contributed by atoms with Gasteiger partial charge < -0.3 is 39.4 Å². The van der Waals surface area contributed by atoms with Crippen LogP contribution in [0.3, 0.4) is 0 Å². The Kier molecular flexibility index (Phi) is 37.7. The largest absolute Gasteiger partial charge is 0.462 e. The number of allylic oxidation sites excluding steroid dienone is 4. The molecule has 0 aliphatic carbocycles. The highest BCUT2D eigenvalue weighted by Gasteiger charge is 2.44. The van der Waals surface area contributed by atoms with Crippen LogP contribution < -0.4 is 0 Å². The highest BCUT2D eigenvalue weighted by atomic mass is 16.7. The van der Waals surface area contributed by atoms with E-state index in [1.807, 2.05) is 0 Å². The van der Waals surface area contributed by atoms with Crippen LogP contribution in [0.1, 0.15) is 219 Å². The van der Waals surface area contributed by atoms with E-state index in [4.69, 9.17) is 18.9 Å². The van der Waals surface area contributed by atoms with Crippen LogP contribution in [0.25, 0.3) is 0 Å². The first-order valence-corrected chi connectivity index (χ1v) is 24.4. The monoisotopic (exact) mass is 839 g/mol. The van der Waals surface area contributed by atoms with Crippen molar-refractivity contribution in [2.24, 2.45) is 0 Å². The van der Waals surface area contributed by atoms with Crippen molar-refractivity contribution in [2.45, 2.75) is 256 Å². The number of esters is 2. The Balaban J connectivity index is 2.27. The maximum atomic E-state index is 12.8. The van der Waals surface area contributed by atoms with Gasteiger partial charge in [-0.2, -0.15) is 0 Å². The molecule has 0 amide bonds. The second-order valence-electron chi connectivity index (χ2n) is 16.9. The Labute approximate surface area is 360 Å². The van der Waals surface area contributed by atoms with Crippen LogP contribution >= 0.6 is 0 Å². The van der Waals surface area contributed by atoms with Gasteiger partial charge in [-0.25, -0.2) is 0 Å². The van der Waals surface area contributed by atoms with Gasteiger partial charge in [0.15, 0.2) is 12.4 Å². The normalized spacial score (nSPS) is 20.1. The fourth-order valence-corrected chi connectivity index (χ4v) is 7.44. The molecule has 1 heterocycles. The molecule has 1 saturated heterocycles. The fraction of sp³-hybridized carbons (Fsp3) is 0.878. The summed E-state index contributed by atoms with van der Waals surface area (Å²) in [5, 5.41) is 40.1. The zero-order valence-electron chi connectivity index (χ0n) is 37.8. The Morgan fingerprint density at radius 1 is 0.508 bits per heavy atom. The molecule has 0 aromatic heterocycles. The number of unbranched alkanes of at least 4 members (excludes halogenated alkanes) is 26. The van der Waals surface area contributed by atoms with E-state index in [1.165, 1.54) is 141 Å². The van der Waals surface area contributed by atoms with Crippen LogP contribution in [0.15, 0.2) is 24.3 Å². The van der Waals surface area contributed by atoms with Crippen LogP contribution in [-0.4, -0.2) is 89.0 Å². The molecule has 10 heteroatoms. The molecule has 0 saturated carbocycles. The summed E-state index contributed by atoms with van der Waals surface area (Å²) in [6, 6.07) is 0. The van der Waals surface area contributed by atoms with E-state index in [2.05, 4.69) is 38.2 Å². The van der Waals surface area contributed by atoms with Gasteiger partial charge in [0.2, 0.25) is 0 Å². The summed E-state index contributed by atoms with van der Waals surface area (Å²) in [4.78, 5) is 25.3. The SMILES string of the molecule is CCCCCCCCCCCCCCCC/C=C/CC/C=C/CCCC(=O)O[C@H](COC(=O)CCCCCCCCCCCCC)CO[C@@H]1O[C@H](CO)[C@H](O)C(O)C1O. The summed E-state index contributed by atoms with van der Waals surface area (Å²) in [6.45, 7) is 3.40. The zero-order valence-corrected chi connectivity index (χ0v) is 37.8. The van der Waals surface area contributed by atoms with Crippen LogP contribution in [0, 0.1) is 0 Å². The average molecular weight is 839 g/mol. The predicted octanol–water partition coefficient (Wildman–Crippen LogP) is 10.9. The van der Waals surface area contributed by atoms with Crippen molar-refractivity contribution < 1.29 is 49.0 Å². The first-order chi connectivity index (χ1) is 28.8. The van der Waals surface area contributed by atoms with Gasteiger partial charge in [-0.15, -0.1) is 0 Å². The third-order valence-corrected chi connectivity index (χ3v) is 11.3. The van der Waals surface area contributed by atoms with E-state index >= 15 is 0 Å². The lowest BCUT2D eigenvalue weighted by Crippen LogP contribution is -2.59.